The summed E-state index contributed by atoms with van der Waals surface area (Å²) >= 11 is 5.58. The molecule has 0 radical (unpaired) electrons. The summed E-state index contributed by atoms with van der Waals surface area (Å²) in [6.45, 7) is 2.33. The number of nitrogens with one attached hydrogen (secondary N) is 1. The molecule has 4 aromatic rings. The number of hydrogen-bond acceptors (Lipinski definition) is 4. The van der Waals surface area contributed by atoms with Crippen LogP contribution in [-0.4, -0.2) is 38.1 Å². The van der Waals surface area contributed by atoms with E-state index in [-0.39, 0.29) is 11.4 Å². The van der Waals surface area contributed by atoms with Crippen molar-refractivity contribution in [3.8, 4) is 11.6 Å². The topological polar surface area (TPSA) is 90.1 Å². The van der Waals surface area contributed by atoms with E-state index in [0.717, 1.165) is 36.2 Å². The number of nitrogens with zero attached hydrogens (tertiary/aromatic N) is 3. The Morgan fingerprint density at radius 2 is 1.84 bits per heavy atom. The van der Waals surface area contributed by atoms with Crippen molar-refractivity contribution in [2.45, 2.75) is 32.6 Å². The van der Waals surface area contributed by atoms with Crippen LogP contribution in [0.15, 0.2) is 59.7 Å². The molecule has 1 aliphatic carbocycles. The number of anilines is 1. The number of aromatic carboxylic acids is 1. The Labute approximate surface area is 223 Å². The molecule has 0 spiro atoms. The van der Waals surface area contributed by atoms with Gasteiger partial charge in [0.05, 0.1) is 22.4 Å². The van der Waals surface area contributed by atoms with Crippen molar-refractivity contribution in [1.82, 2.24) is 9.99 Å². The third kappa shape index (κ3) is 3.99. The first-order valence-electron chi connectivity index (χ1n) is 12.5. The van der Waals surface area contributed by atoms with E-state index in [0.29, 0.717) is 40.3 Å². The summed E-state index contributed by atoms with van der Waals surface area (Å²) in [5.74, 6) is -1.40. The third-order valence-corrected chi connectivity index (χ3v) is 7.70. The number of rotatable bonds is 4. The van der Waals surface area contributed by atoms with Gasteiger partial charge >= 0.3 is 5.97 Å². The molecule has 38 heavy (non-hydrogen) atoms. The van der Waals surface area contributed by atoms with E-state index in [9.17, 15) is 19.4 Å². The van der Waals surface area contributed by atoms with Crippen LogP contribution >= 0.6 is 12.2 Å². The molecule has 0 saturated heterocycles. The number of aromatic hydroxyl groups is 1. The van der Waals surface area contributed by atoms with Crippen LogP contribution in [-0.2, 0) is 19.3 Å². The molecule has 7 nitrogen and oxygen atoms in total. The van der Waals surface area contributed by atoms with Crippen molar-refractivity contribution in [1.29, 1.82) is 0 Å². The van der Waals surface area contributed by atoms with Crippen molar-refractivity contribution < 1.29 is 19.4 Å². The molecular weight excluding hydrogens is 503 g/mol. The number of carbonyl (C=O) groups is 1. The monoisotopic (exact) mass is 528 g/mol. The highest BCUT2D eigenvalue weighted by molar-refractivity contribution is 7.80. The fourth-order valence-electron chi connectivity index (χ4n) is 5.56. The van der Waals surface area contributed by atoms with Crippen molar-refractivity contribution in [2.75, 3.05) is 11.4 Å². The van der Waals surface area contributed by atoms with E-state index < -0.39 is 11.8 Å². The van der Waals surface area contributed by atoms with Crippen LogP contribution < -0.4 is 10.3 Å². The van der Waals surface area contributed by atoms with E-state index >= 15 is 0 Å². The van der Waals surface area contributed by atoms with Crippen molar-refractivity contribution in [3.63, 3.8) is 0 Å². The van der Waals surface area contributed by atoms with E-state index in [1.54, 1.807) is 35.8 Å². The number of aromatic nitrogens is 1. The first kappa shape index (κ1) is 24.1. The number of hydrazone groups is 1. The van der Waals surface area contributed by atoms with Gasteiger partial charge in [-0.3, -0.25) is 9.99 Å². The van der Waals surface area contributed by atoms with Crippen LogP contribution in [0.3, 0.4) is 0 Å². The quantitative estimate of drug-likeness (QED) is 0.189. The lowest BCUT2D eigenvalue weighted by molar-refractivity contribution is 0.0697. The minimum atomic E-state index is -0.970. The normalized spacial score (nSPS) is 14.6. The van der Waals surface area contributed by atoms with Crippen LogP contribution in [0, 0.1) is 5.82 Å². The number of aryl methyl sites for hydroxylation is 2. The number of halogens is 1. The van der Waals surface area contributed by atoms with Gasteiger partial charge in [-0.1, -0.05) is 6.07 Å². The maximum Gasteiger partial charge on any atom is 0.335 e. The second-order valence-electron chi connectivity index (χ2n) is 9.67. The lowest BCUT2D eigenvalue weighted by Crippen LogP contribution is -2.36. The lowest BCUT2D eigenvalue weighted by Gasteiger charge is -2.19. The first-order valence-corrected chi connectivity index (χ1v) is 12.9. The van der Waals surface area contributed by atoms with Gasteiger partial charge in [-0.25, -0.2) is 9.18 Å². The summed E-state index contributed by atoms with van der Waals surface area (Å²) < 4.78 is 16.1. The smallest absolute Gasteiger partial charge is 0.335 e. The molecule has 3 aromatic carbocycles. The first-order chi connectivity index (χ1) is 18.3. The molecule has 6 rings (SSSR count). The minimum Gasteiger partial charge on any atom is -0.494 e. The zero-order chi connectivity index (χ0) is 26.6. The maximum absolute atomic E-state index is 14.3. The highest BCUT2D eigenvalue weighted by Crippen LogP contribution is 2.37. The predicted molar refractivity (Wildman–Crippen MR) is 149 cm³/mol. The van der Waals surface area contributed by atoms with Crippen molar-refractivity contribution in [2.24, 2.45) is 5.10 Å². The molecule has 2 heterocycles. The Morgan fingerprint density at radius 3 is 2.66 bits per heavy atom. The molecule has 9 heteroatoms. The number of carboxylic acid groups (broad SMARTS) is 1. The zero-order valence-corrected chi connectivity index (χ0v) is 21.5. The highest BCUT2D eigenvalue weighted by atomic mass is 32.1. The molecule has 0 atom stereocenters. The largest absolute Gasteiger partial charge is 0.494 e. The minimum absolute atomic E-state index is 0.0229. The molecule has 0 amide bonds. The molecule has 192 valence electrons. The Morgan fingerprint density at radius 1 is 1.03 bits per heavy atom. The predicted octanol–water partition coefficient (Wildman–Crippen LogP) is 5.32. The third-order valence-electron chi connectivity index (χ3n) is 7.39. The molecule has 0 bridgehead atoms. The van der Waals surface area contributed by atoms with E-state index in [1.807, 2.05) is 11.0 Å². The van der Waals surface area contributed by atoms with E-state index in [4.69, 9.17) is 12.2 Å². The Hall–Kier alpha value is -4.24. The SMILES string of the molecule is CC(=NNC(=S)N1CCc2cc(C(=O)O)ccc21)c1c(O)n(-c2ccc3c(c2)CCC3)c2ccc(F)cc12. The van der Waals surface area contributed by atoms with Crippen LogP contribution in [0.25, 0.3) is 16.6 Å². The summed E-state index contributed by atoms with van der Waals surface area (Å²) in [7, 11) is 0. The second-order valence-corrected chi connectivity index (χ2v) is 10.1. The molecule has 0 unspecified atom stereocenters. The van der Waals surface area contributed by atoms with E-state index in [2.05, 4.69) is 22.7 Å². The average Bonchev–Trinajstić information content (AvgIpc) is 3.61. The van der Waals surface area contributed by atoms with Crippen molar-refractivity contribution in [3.05, 3.63) is 88.2 Å². The molecule has 1 aliphatic heterocycles. The second kappa shape index (κ2) is 9.25. The molecule has 0 saturated carbocycles. The number of hydrogen-bond donors (Lipinski definition) is 3. The van der Waals surface area contributed by atoms with Gasteiger partial charge in [0, 0.05) is 23.3 Å². The van der Waals surface area contributed by atoms with Gasteiger partial charge in [-0.2, -0.15) is 5.10 Å². The summed E-state index contributed by atoms with van der Waals surface area (Å²) in [6.07, 6.45) is 3.84. The molecule has 2 aliphatic rings. The maximum atomic E-state index is 14.3. The van der Waals surface area contributed by atoms with Gasteiger partial charge in [0.2, 0.25) is 5.88 Å². The van der Waals surface area contributed by atoms with Gasteiger partial charge in [0.1, 0.15) is 5.82 Å². The lowest BCUT2D eigenvalue weighted by atomic mass is 10.1. The van der Waals surface area contributed by atoms with Crippen LogP contribution in [0.1, 0.15) is 46.0 Å². The molecular formula is C29H25FN4O3S. The molecule has 3 N–H and O–H groups in total. The standard InChI is InChI=1S/C29H25FN4O3S/c1-16(31-32-29(38)33-12-11-19-13-20(28(36)37)6-9-24(19)33)26-23-15-21(30)7-10-25(23)34(27(26)35)22-8-5-17-3-2-4-18(17)14-22/h5-10,13-15,35H,2-4,11-12H2,1H3,(H,32,38)(H,36,37). The number of carboxylic acids is 1. The van der Waals surface area contributed by atoms with Gasteiger partial charge in [-0.05, 0) is 110 Å². The number of thiocarbonyl (C=S) groups is 1. The number of benzene rings is 3. The van der Waals surface area contributed by atoms with Gasteiger partial charge in [-0.15, -0.1) is 0 Å². The van der Waals surface area contributed by atoms with Crippen LogP contribution in [0.5, 0.6) is 5.88 Å². The summed E-state index contributed by atoms with van der Waals surface area (Å²) in [5.41, 5.74) is 9.83. The van der Waals surface area contributed by atoms with Gasteiger partial charge < -0.3 is 15.1 Å². The Bertz CT molecular complexity index is 1680. The highest BCUT2D eigenvalue weighted by Gasteiger charge is 2.25. The summed E-state index contributed by atoms with van der Waals surface area (Å²) in [6, 6.07) is 15.6. The van der Waals surface area contributed by atoms with Crippen LogP contribution in [0.4, 0.5) is 10.1 Å². The Balaban J connectivity index is 1.34. The number of fused-ring (bicyclic) bond motifs is 3. The van der Waals surface area contributed by atoms with Gasteiger partial charge in [0.15, 0.2) is 5.11 Å². The summed E-state index contributed by atoms with van der Waals surface area (Å²) in [4.78, 5) is 13.2. The zero-order valence-electron chi connectivity index (χ0n) is 20.7. The van der Waals surface area contributed by atoms with Crippen molar-refractivity contribution >= 4 is 45.6 Å². The average molecular weight is 529 g/mol. The van der Waals surface area contributed by atoms with Crippen LogP contribution in [0.2, 0.25) is 0 Å². The Kier molecular flexibility index (Phi) is 5.87. The van der Waals surface area contributed by atoms with E-state index in [1.165, 1.54) is 23.3 Å². The summed E-state index contributed by atoms with van der Waals surface area (Å²) in [5, 5.41) is 26.0. The van der Waals surface area contributed by atoms with Gasteiger partial charge in [0.25, 0.3) is 0 Å². The fourth-order valence-corrected chi connectivity index (χ4v) is 5.79. The fraction of sp³-hybridized carbons (Fsp3) is 0.207. The molecule has 1 aromatic heterocycles. The molecule has 0 fully saturated rings.